The monoisotopic (exact) mass is 414 g/mol. The Labute approximate surface area is 165 Å². The van der Waals surface area contributed by atoms with Gasteiger partial charge in [0.05, 0.1) is 12.1 Å². The lowest BCUT2D eigenvalue weighted by Gasteiger charge is -2.18. The third-order valence-electron chi connectivity index (χ3n) is 4.70. The number of hydrogen-bond donors (Lipinski definition) is 0. The molecule has 1 saturated heterocycles. The van der Waals surface area contributed by atoms with Gasteiger partial charge in [-0.1, -0.05) is 11.6 Å². The number of nitrogens with zero attached hydrogens (tertiary/aromatic N) is 4. The average Bonchev–Trinajstić information content (AvgIpc) is 3.26. The molecule has 0 spiro atoms. The minimum atomic E-state index is -4.52. The molecule has 10 heteroatoms. The Morgan fingerprint density at radius 3 is 2.79 bits per heavy atom. The molecule has 0 aliphatic carbocycles. The first-order valence-corrected chi connectivity index (χ1v) is 9.15. The highest BCUT2D eigenvalue weighted by Gasteiger charge is 2.40. The number of ether oxygens (including phenoxy) is 1. The van der Waals surface area contributed by atoms with Gasteiger partial charge in [-0.15, -0.1) is 12.3 Å². The molecule has 1 atom stereocenters. The summed E-state index contributed by atoms with van der Waals surface area (Å²) in [4.78, 5) is 17.7. The molecule has 1 unspecified atom stereocenters. The van der Waals surface area contributed by atoms with Gasteiger partial charge in [0.1, 0.15) is 11.1 Å². The number of alkyl halides is 3. The van der Waals surface area contributed by atoms with Crippen molar-refractivity contribution >= 4 is 17.5 Å². The van der Waals surface area contributed by atoms with Crippen LogP contribution in [-0.2, 0) is 11.0 Å². The van der Waals surface area contributed by atoms with E-state index in [1.807, 2.05) is 0 Å². The standard InChI is InChI=1S/C18H18ClF3N4O2/c1-2-3-6-17(24-25-17)7-4-15(27)26-8-5-13(11-26)28-16-14(19)9-12(10-23-16)18(20,21)22/h1,9-10,13H,3-8,11H2. The van der Waals surface area contributed by atoms with Crippen molar-refractivity contribution in [2.75, 3.05) is 13.1 Å². The number of terminal acetylenes is 1. The van der Waals surface area contributed by atoms with Crippen LogP contribution in [0, 0.1) is 12.3 Å². The maximum atomic E-state index is 12.7. The summed E-state index contributed by atoms with van der Waals surface area (Å²) in [7, 11) is 0. The molecule has 3 heterocycles. The second kappa shape index (κ2) is 7.95. The number of carbonyl (C=O) groups is 1. The summed E-state index contributed by atoms with van der Waals surface area (Å²) in [5.74, 6) is 2.42. The summed E-state index contributed by atoms with van der Waals surface area (Å²) in [5.41, 5.74) is -1.45. The second-order valence-corrected chi connectivity index (χ2v) is 7.17. The van der Waals surface area contributed by atoms with E-state index in [0.29, 0.717) is 51.4 Å². The number of aromatic nitrogens is 1. The van der Waals surface area contributed by atoms with E-state index < -0.39 is 17.4 Å². The van der Waals surface area contributed by atoms with Gasteiger partial charge in [-0.05, 0) is 6.07 Å². The molecule has 0 saturated carbocycles. The number of rotatable bonds is 7. The van der Waals surface area contributed by atoms with Crippen molar-refractivity contribution < 1.29 is 22.7 Å². The summed E-state index contributed by atoms with van der Waals surface area (Å²) in [6.07, 6.45) is 3.57. The fraction of sp³-hybridized carbons (Fsp3) is 0.556. The summed E-state index contributed by atoms with van der Waals surface area (Å²) < 4.78 is 43.6. The number of pyridine rings is 1. The van der Waals surface area contributed by atoms with Crippen molar-refractivity contribution in [3.05, 3.63) is 22.8 Å². The van der Waals surface area contributed by atoms with Crippen molar-refractivity contribution in [2.45, 2.75) is 50.0 Å². The summed E-state index contributed by atoms with van der Waals surface area (Å²) >= 11 is 5.86. The molecule has 0 bridgehead atoms. The van der Waals surface area contributed by atoms with Crippen LogP contribution < -0.4 is 4.74 Å². The first-order valence-electron chi connectivity index (χ1n) is 8.77. The van der Waals surface area contributed by atoms with Gasteiger partial charge in [0.25, 0.3) is 0 Å². The highest BCUT2D eigenvalue weighted by Crippen LogP contribution is 2.38. The minimum Gasteiger partial charge on any atom is -0.471 e. The van der Waals surface area contributed by atoms with Crippen LogP contribution in [0.1, 0.15) is 37.7 Å². The molecule has 0 aromatic carbocycles. The van der Waals surface area contributed by atoms with E-state index in [-0.39, 0.29) is 22.9 Å². The average molecular weight is 415 g/mol. The third kappa shape index (κ3) is 4.93. The van der Waals surface area contributed by atoms with Crippen LogP contribution in [0.3, 0.4) is 0 Å². The van der Waals surface area contributed by atoms with Gasteiger partial charge in [0, 0.05) is 44.8 Å². The van der Waals surface area contributed by atoms with E-state index in [4.69, 9.17) is 22.8 Å². The maximum absolute atomic E-state index is 12.7. The zero-order valence-corrected chi connectivity index (χ0v) is 15.6. The number of likely N-dealkylation sites (tertiary alicyclic amines) is 1. The van der Waals surface area contributed by atoms with E-state index in [1.165, 1.54) is 0 Å². The lowest BCUT2D eigenvalue weighted by Crippen LogP contribution is -2.31. The molecule has 0 radical (unpaired) electrons. The fourth-order valence-electron chi connectivity index (χ4n) is 3.01. The van der Waals surface area contributed by atoms with E-state index in [9.17, 15) is 18.0 Å². The Bertz CT molecular complexity index is 816. The summed E-state index contributed by atoms with van der Waals surface area (Å²) in [5, 5.41) is 7.80. The normalized spacial score (nSPS) is 20.1. The number of carbonyl (C=O) groups excluding carboxylic acids is 1. The number of amides is 1. The van der Waals surface area contributed by atoms with Gasteiger partial charge >= 0.3 is 6.18 Å². The number of hydrogen-bond acceptors (Lipinski definition) is 5. The molecule has 28 heavy (non-hydrogen) atoms. The lowest BCUT2D eigenvalue weighted by atomic mass is 10.0. The Balaban J connectivity index is 1.49. The van der Waals surface area contributed by atoms with Gasteiger partial charge in [-0.3, -0.25) is 4.79 Å². The van der Waals surface area contributed by atoms with E-state index in [0.717, 1.165) is 6.07 Å². The molecule has 150 valence electrons. The SMILES string of the molecule is C#CCCC1(CCC(=O)N2CCC(Oc3ncc(C(F)(F)F)cc3Cl)C2)N=N1. The highest BCUT2D eigenvalue weighted by atomic mass is 35.5. The first-order chi connectivity index (χ1) is 13.2. The topological polar surface area (TPSA) is 67.2 Å². The van der Waals surface area contributed by atoms with Crippen LogP contribution in [0.15, 0.2) is 22.5 Å². The molecule has 0 N–H and O–H groups in total. The predicted octanol–water partition coefficient (Wildman–Crippen LogP) is 4.09. The van der Waals surface area contributed by atoms with Crippen LogP contribution in [0.4, 0.5) is 13.2 Å². The minimum absolute atomic E-state index is 0.0463. The van der Waals surface area contributed by atoms with Crippen LogP contribution in [0.5, 0.6) is 5.88 Å². The molecule has 2 aliphatic heterocycles. The number of halogens is 4. The van der Waals surface area contributed by atoms with Crippen LogP contribution in [-0.4, -0.2) is 40.6 Å². The Hall–Kier alpha value is -2.34. The predicted molar refractivity (Wildman–Crippen MR) is 94.8 cm³/mol. The molecule has 1 aromatic heterocycles. The van der Waals surface area contributed by atoms with Crippen molar-refractivity contribution in [1.82, 2.24) is 9.88 Å². The maximum Gasteiger partial charge on any atom is 0.417 e. The molecular weight excluding hydrogens is 397 g/mol. The van der Waals surface area contributed by atoms with Crippen molar-refractivity contribution in [2.24, 2.45) is 10.2 Å². The van der Waals surface area contributed by atoms with E-state index in [2.05, 4.69) is 21.1 Å². The third-order valence-corrected chi connectivity index (χ3v) is 4.97. The zero-order valence-electron chi connectivity index (χ0n) is 14.9. The smallest absolute Gasteiger partial charge is 0.417 e. The molecule has 1 amide bonds. The second-order valence-electron chi connectivity index (χ2n) is 6.76. The molecular formula is C18H18ClF3N4O2. The molecule has 1 aromatic rings. The van der Waals surface area contributed by atoms with Gasteiger partial charge < -0.3 is 9.64 Å². The van der Waals surface area contributed by atoms with Crippen LogP contribution in [0.2, 0.25) is 5.02 Å². The quantitative estimate of drug-likeness (QED) is 0.631. The summed E-state index contributed by atoms with van der Waals surface area (Å²) in [6, 6.07) is 0.778. The fourth-order valence-corrected chi connectivity index (χ4v) is 3.22. The first kappa shape index (κ1) is 20.4. The molecule has 1 fully saturated rings. The largest absolute Gasteiger partial charge is 0.471 e. The molecule has 3 rings (SSSR count). The van der Waals surface area contributed by atoms with Gasteiger partial charge in [-0.2, -0.15) is 23.4 Å². The Morgan fingerprint density at radius 1 is 1.43 bits per heavy atom. The van der Waals surface area contributed by atoms with Crippen molar-refractivity contribution in [3.8, 4) is 18.2 Å². The van der Waals surface area contributed by atoms with E-state index in [1.54, 1.807) is 4.90 Å². The van der Waals surface area contributed by atoms with Crippen LogP contribution in [0.25, 0.3) is 0 Å². The Morgan fingerprint density at radius 2 is 2.18 bits per heavy atom. The highest BCUT2D eigenvalue weighted by molar-refractivity contribution is 6.31. The van der Waals surface area contributed by atoms with Crippen LogP contribution >= 0.6 is 11.6 Å². The van der Waals surface area contributed by atoms with Crippen molar-refractivity contribution in [3.63, 3.8) is 0 Å². The van der Waals surface area contributed by atoms with Gasteiger partial charge in [0.15, 0.2) is 5.66 Å². The molecule has 6 nitrogen and oxygen atoms in total. The lowest BCUT2D eigenvalue weighted by molar-refractivity contribution is -0.138. The van der Waals surface area contributed by atoms with E-state index >= 15 is 0 Å². The van der Waals surface area contributed by atoms with Gasteiger partial charge in [-0.25, -0.2) is 4.98 Å². The van der Waals surface area contributed by atoms with Crippen molar-refractivity contribution in [1.29, 1.82) is 0 Å². The Kier molecular flexibility index (Phi) is 5.79. The summed E-state index contributed by atoms with van der Waals surface area (Å²) in [6.45, 7) is 0.816. The zero-order chi connectivity index (χ0) is 20.4. The van der Waals surface area contributed by atoms with Gasteiger partial charge in [0.2, 0.25) is 11.8 Å². The molecule has 2 aliphatic rings.